The van der Waals surface area contributed by atoms with Crippen LogP contribution in [0.5, 0.6) is 5.75 Å². The predicted molar refractivity (Wildman–Crippen MR) is 73.6 cm³/mol. The van der Waals surface area contributed by atoms with Crippen molar-refractivity contribution in [3.63, 3.8) is 0 Å². The summed E-state index contributed by atoms with van der Waals surface area (Å²) in [5, 5.41) is 0. The number of carbonyl (C=O) groups excluding carboxylic acids is 1. The molecule has 0 bridgehead atoms. The van der Waals surface area contributed by atoms with E-state index in [0.717, 1.165) is 30.7 Å². The monoisotopic (exact) mass is 255 g/mol. The van der Waals surface area contributed by atoms with Gasteiger partial charge in [-0.05, 0) is 31.0 Å². The van der Waals surface area contributed by atoms with Gasteiger partial charge in [-0.2, -0.15) is 0 Å². The molecule has 3 heteroatoms. The molecule has 1 aliphatic rings. The maximum Gasteiger partial charge on any atom is 0.164 e. The van der Waals surface area contributed by atoms with Crippen LogP contribution in [0.15, 0.2) is 42.6 Å². The third kappa shape index (κ3) is 2.55. The number of aromatic nitrogens is 1. The highest BCUT2D eigenvalue weighted by atomic mass is 16.5. The van der Waals surface area contributed by atoms with Gasteiger partial charge in [0.1, 0.15) is 12.4 Å². The molecule has 0 N–H and O–H groups in total. The molecule has 0 unspecified atom stereocenters. The SMILES string of the molecule is O=C1CCCc2c1ccn2CCOc1ccccc1. The Morgan fingerprint density at radius 2 is 1.95 bits per heavy atom. The van der Waals surface area contributed by atoms with Crippen molar-refractivity contribution in [2.45, 2.75) is 25.8 Å². The van der Waals surface area contributed by atoms with Crippen molar-refractivity contribution < 1.29 is 9.53 Å². The highest BCUT2D eigenvalue weighted by Crippen LogP contribution is 2.22. The molecule has 0 fully saturated rings. The fourth-order valence-electron chi connectivity index (χ4n) is 2.58. The minimum atomic E-state index is 0.281. The molecule has 0 atom stereocenters. The number of fused-ring (bicyclic) bond motifs is 1. The van der Waals surface area contributed by atoms with E-state index in [2.05, 4.69) is 4.57 Å². The summed E-state index contributed by atoms with van der Waals surface area (Å²) in [6, 6.07) is 11.8. The normalized spacial score (nSPS) is 14.2. The largest absolute Gasteiger partial charge is 0.492 e. The van der Waals surface area contributed by atoms with Crippen molar-refractivity contribution in [2.75, 3.05) is 6.61 Å². The summed E-state index contributed by atoms with van der Waals surface area (Å²) in [6.45, 7) is 1.41. The zero-order valence-corrected chi connectivity index (χ0v) is 10.8. The first-order valence-corrected chi connectivity index (χ1v) is 6.73. The van der Waals surface area contributed by atoms with Crippen LogP contribution in [-0.2, 0) is 13.0 Å². The number of benzene rings is 1. The van der Waals surface area contributed by atoms with Crippen molar-refractivity contribution in [3.05, 3.63) is 53.9 Å². The third-order valence-electron chi connectivity index (χ3n) is 3.54. The van der Waals surface area contributed by atoms with E-state index < -0.39 is 0 Å². The van der Waals surface area contributed by atoms with Crippen molar-refractivity contribution in [1.29, 1.82) is 0 Å². The number of hydrogen-bond acceptors (Lipinski definition) is 2. The second kappa shape index (κ2) is 5.31. The molecule has 3 nitrogen and oxygen atoms in total. The molecule has 1 aromatic carbocycles. The summed E-state index contributed by atoms with van der Waals surface area (Å²) >= 11 is 0. The molecule has 0 amide bonds. The van der Waals surface area contributed by atoms with Crippen LogP contribution < -0.4 is 4.74 Å². The number of ether oxygens (including phenoxy) is 1. The van der Waals surface area contributed by atoms with E-state index in [4.69, 9.17) is 4.74 Å². The highest BCUT2D eigenvalue weighted by Gasteiger charge is 2.20. The molecule has 0 spiro atoms. The van der Waals surface area contributed by atoms with E-state index in [0.29, 0.717) is 13.0 Å². The van der Waals surface area contributed by atoms with Gasteiger partial charge in [0, 0.05) is 23.9 Å². The molecule has 3 rings (SSSR count). The van der Waals surface area contributed by atoms with Crippen LogP contribution >= 0.6 is 0 Å². The minimum absolute atomic E-state index is 0.281. The fraction of sp³-hybridized carbons (Fsp3) is 0.312. The lowest BCUT2D eigenvalue weighted by Gasteiger charge is -2.15. The van der Waals surface area contributed by atoms with Gasteiger partial charge in [-0.15, -0.1) is 0 Å². The molecule has 1 aliphatic carbocycles. The van der Waals surface area contributed by atoms with Crippen LogP contribution in [0, 0.1) is 0 Å². The molecule has 0 saturated heterocycles. The van der Waals surface area contributed by atoms with Crippen molar-refractivity contribution >= 4 is 5.78 Å². The molecular formula is C16H17NO2. The molecule has 2 aromatic rings. The quantitative estimate of drug-likeness (QED) is 0.840. The van der Waals surface area contributed by atoms with Gasteiger partial charge in [0.2, 0.25) is 0 Å². The zero-order valence-electron chi connectivity index (χ0n) is 10.8. The van der Waals surface area contributed by atoms with Gasteiger partial charge < -0.3 is 9.30 Å². The van der Waals surface area contributed by atoms with Gasteiger partial charge in [-0.1, -0.05) is 18.2 Å². The zero-order chi connectivity index (χ0) is 13.1. The lowest BCUT2D eigenvalue weighted by atomic mass is 9.97. The second-order valence-electron chi connectivity index (χ2n) is 4.81. The van der Waals surface area contributed by atoms with Crippen LogP contribution in [0.25, 0.3) is 0 Å². The Morgan fingerprint density at radius 1 is 1.11 bits per heavy atom. The first kappa shape index (κ1) is 12.0. The summed E-state index contributed by atoms with van der Waals surface area (Å²) in [7, 11) is 0. The van der Waals surface area contributed by atoms with Crippen LogP contribution in [0.3, 0.4) is 0 Å². The first-order valence-electron chi connectivity index (χ1n) is 6.73. The lowest BCUT2D eigenvalue weighted by Crippen LogP contribution is -2.15. The smallest absolute Gasteiger partial charge is 0.164 e. The fourth-order valence-corrected chi connectivity index (χ4v) is 2.58. The van der Waals surface area contributed by atoms with Gasteiger partial charge in [0.15, 0.2) is 5.78 Å². The average molecular weight is 255 g/mol. The number of Topliss-reactive ketones (excluding diaryl/α,β-unsaturated/α-hetero) is 1. The molecule has 19 heavy (non-hydrogen) atoms. The second-order valence-corrected chi connectivity index (χ2v) is 4.81. The van der Waals surface area contributed by atoms with E-state index in [9.17, 15) is 4.79 Å². The van der Waals surface area contributed by atoms with Crippen molar-refractivity contribution in [1.82, 2.24) is 4.57 Å². The average Bonchev–Trinajstić information content (AvgIpc) is 2.85. The standard InChI is InChI=1S/C16H17NO2/c18-16-8-4-7-15-14(16)9-10-17(15)11-12-19-13-5-2-1-3-6-13/h1-3,5-6,9-10H,4,7-8,11-12H2. The van der Waals surface area contributed by atoms with Gasteiger partial charge in [0.05, 0.1) is 6.54 Å². The Bertz CT molecular complexity index is 572. The molecule has 1 heterocycles. The van der Waals surface area contributed by atoms with Crippen LogP contribution in [0.2, 0.25) is 0 Å². The lowest BCUT2D eigenvalue weighted by molar-refractivity contribution is 0.0971. The Hall–Kier alpha value is -2.03. The molecular weight excluding hydrogens is 238 g/mol. The Labute approximate surface area is 112 Å². The predicted octanol–water partition coefficient (Wildman–Crippen LogP) is 3.09. The number of rotatable bonds is 4. The van der Waals surface area contributed by atoms with Crippen LogP contribution in [0.4, 0.5) is 0 Å². The topological polar surface area (TPSA) is 31.2 Å². The van der Waals surface area contributed by atoms with Crippen LogP contribution in [0.1, 0.15) is 28.9 Å². The van der Waals surface area contributed by atoms with Crippen molar-refractivity contribution in [2.24, 2.45) is 0 Å². The van der Waals surface area contributed by atoms with Gasteiger partial charge in [-0.25, -0.2) is 0 Å². The Kier molecular flexibility index (Phi) is 3.36. The maximum absolute atomic E-state index is 11.7. The Morgan fingerprint density at radius 3 is 2.79 bits per heavy atom. The summed E-state index contributed by atoms with van der Waals surface area (Å²) in [5.41, 5.74) is 2.08. The van der Waals surface area contributed by atoms with E-state index in [-0.39, 0.29) is 5.78 Å². The summed E-state index contributed by atoms with van der Waals surface area (Å²) < 4.78 is 7.84. The summed E-state index contributed by atoms with van der Waals surface area (Å²) in [6.07, 6.45) is 4.66. The number of nitrogens with zero attached hydrogens (tertiary/aromatic N) is 1. The Balaban J connectivity index is 1.63. The van der Waals surface area contributed by atoms with Crippen LogP contribution in [-0.4, -0.2) is 17.0 Å². The molecule has 0 saturated carbocycles. The number of hydrogen-bond donors (Lipinski definition) is 0. The third-order valence-corrected chi connectivity index (χ3v) is 3.54. The minimum Gasteiger partial charge on any atom is -0.492 e. The molecule has 1 aromatic heterocycles. The van der Waals surface area contributed by atoms with Gasteiger partial charge >= 0.3 is 0 Å². The molecule has 0 radical (unpaired) electrons. The first-order chi connectivity index (χ1) is 9.34. The van der Waals surface area contributed by atoms with E-state index in [1.807, 2.05) is 42.6 Å². The van der Waals surface area contributed by atoms with E-state index >= 15 is 0 Å². The van der Waals surface area contributed by atoms with Crippen molar-refractivity contribution in [3.8, 4) is 5.75 Å². The molecule has 98 valence electrons. The maximum atomic E-state index is 11.7. The van der Waals surface area contributed by atoms with E-state index in [1.165, 1.54) is 5.69 Å². The van der Waals surface area contributed by atoms with Gasteiger partial charge in [0.25, 0.3) is 0 Å². The number of carbonyl (C=O) groups is 1. The summed E-state index contributed by atoms with van der Waals surface area (Å²) in [5.74, 6) is 1.17. The summed E-state index contributed by atoms with van der Waals surface area (Å²) in [4.78, 5) is 11.7. The van der Waals surface area contributed by atoms with Gasteiger partial charge in [-0.3, -0.25) is 4.79 Å². The number of ketones is 1. The highest BCUT2D eigenvalue weighted by molar-refractivity contribution is 5.98. The van der Waals surface area contributed by atoms with E-state index in [1.54, 1.807) is 0 Å². The molecule has 0 aliphatic heterocycles. The number of para-hydroxylation sites is 1.